The van der Waals surface area contributed by atoms with Gasteiger partial charge in [-0.25, -0.2) is 9.59 Å². The number of carboxylic acid groups (broad SMARTS) is 1. The molecule has 4 rings (SSSR count). The first kappa shape index (κ1) is 23.8. The van der Waals surface area contributed by atoms with Crippen LogP contribution in [0, 0.1) is 5.92 Å². The van der Waals surface area contributed by atoms with Gasteiger partial charge in [0.15, 0.2) is 0 Å². The molecule has 34 heavy (non-hydrogen) atoms. The molecule has 0 aromatic heterocycles. The minimum absolute atomic E-state index is 0.0185. The second-order valence-corrected chi connectivity index (χ2v) is 8.76. The predicted molar refractivity (Wildman–Crippen MR) is 125 cm³/mol. The van der Waals surface area contributed by atoms with Gasteiger partial charge >= 0.3 is 12.1 Å². The molecule has 2 amide bonds. The van der Waals surface area contributed by atoms with Gasteiger partial charge in [0.25, 0.3) is 0 Å². The second-order valence-electron chi connectivity index (χ2n) is 8.76. The van der Waals surface area contributed by atoms with Crippen molar-refractivity contribution in [3.63, 3.8) is 0 Å². The molecule has 1 heterocycles. The fraction of sp³-hybridized carbons (Fsp3) is 0.423. The molecule has 1 atom stereocenters. The molecule has 0 saturated carbocycles. The molecular weight excluding hydrogens is 436 g/mol. The van der Waals surface area contributed by atoms with E-state index in [9.17, 15) is 14.4 Å². The SMILES string of the molecule is CCCC(CNC(=O)OCC1c2ccccc2-c2ccccc21)C(=O)N1CC(OCC(=O)O)C1. The number of carbonyl (C=O) groups is 3. The Morgan fingerprint density at radius 3 is 2.26 bits per heavy atom. The molecule has 2 N–H and O–H groups in total. The van der Waals surface area contributed by atoms with Crippen LogP contribution >= 0.6 is 0 Å². The lowest BCUT2D eigenvalue weighted by atomic mass is 9.98. The van der Waals surface area contributed by atoms with Crippen molar-refractivity contribution < 1.29 is 29.0 Å². The largest absolute Gasteiger partial charge is 0.480 e. The van der Waals surface area contributed by atoms with Gasteiger partial charge in [0.05, 0.1) is 12.0 Å². The molecule has 8 nitrogen and oxygen atoms in total. The number of carbonyl (C=O) groups excluding carboxylic acids is 2. The van der Waals surface area contributed by atoms with E-state index in [2.05, 4.69) is 29.6 Å². The zero-order valence-electron chi connectivity index (χ0n) is 19.2. The number of fused-ring (bicyclic) bond motifs is 3. The van der Waals surface area contributed by atoms with Gasteiger partial charge in [0, 0.05) is 25.6 Å². The topological polar surface area (TPSA) is 105 Å². The van der Waals surface area contributed by atoms with Crippen LogP contribution < -0.4 is 5.32 Å². The van der Waals surface area contributed by atoms with Gasteiger partial charge in [-0.05, 0) is 28.7 Å². The Morgan fingerprint density at radius 2 is 1.68 bits per heavy atom. The second kappa shape index (κ2) is 10.7. The summed E-state index contributed by atoms with van der Waals surface area (Å²) in [6, 6.07) is 16.3. The van der Waals surface area contributed by atoms with Crippen molar-refractivity contribution in [3.8, 4) is 11.1 Å². The summed E-state index contributed by atoms with van der Waals surface area (Å²) in [4.78, 5) is 37.5. The van der Waals surface area contributed by atoms with E-state index >= 15 is 0 Å². The van der Waals surface area contributed by atoms with Crippen molar-refractivity contribution in [2.75, 3.05) is 32.8 Å². The Balaban J connectivity index is 1.27. The minimum atomic E-state index is -1.03. The van der Waals surface area contributed by atoms with Crippen LogP contribution in [0.5, 0.6) is 0 Å². The summed E-state index contributed by atoms with van der Waals surface area (Å²) in [7, 11) is 0. The average molecular weight is 467 g/mol. The van der Waals surface area contributed by atoms with Gasteiger partial charge in [0.2, 0.25) is 5.91 Å². The van der Waals surface area contributed by atoms with Crippen molar-refractivity contribution in [1.29, 1.82) is 0 Å². The number of amides is 2. The van der Waals surface area contributed by atoms with E-state index in [1.54, 1.807) is 4.90 Å². The number of alkyl carbamates (subject to hydrolysis) is 1. The number of rotatable bonds is 10. The molecule has 1 aliphatic carbocycles. The van der Waals surface area contributed by atoms with Crippen LogP contribution in [0.1, 0.15) is 36.8 Å². The van der Waals surface area contributed by atoms with Crippen molar-refractivity contribution in [2.24, 2.45) is 5.92 Å². The van der Waals surface area contributed by atoms with Crippen LogP contribution in [0.25, 0.3) is 11.1 Å². The van der Waals surface area contributed by atoms with E-state index in [-0.39, 0.29) is 43.6 Å². The van der Waals surface area contributed by atoms with Crippen LogP contribution in [0.2, 0.25) is 0 Å². The average Bonchev–Trinajstić information content (AvgIpc) is 3.12. The normalized spacial score (nSPS) is 15.7. The van der Waals surface area contributed by atoms with Crippen LogP contribution in [-0.2, 0) is 19.1 Å². The summed E-state index contributed by atoms with van der Waals surface area (Å²) in [5.74, 6) is -1.46. The summed E-state index contributed by atoms with van der Waals surface area (Å²) in [5, 5.41) is 11.4. The van der Waals surface area contributed by atoms with Gasteiger partial charge in [-0.1, -0.05) is 61.9 Å². The minimum Gasteiger partial charge on any atom is -0.480 e. The van der Waals surface area contributed by atoms with Crippen LogP contribution in [0.15, 0.2) is 48.5 Å². The van der Waals surface area contributed by atoms with E-state index in [4.69, 9.17) is 14.6 Å². The highest BCUT2D eigenvalue weighted by Gasteiger charge is 2.35. The van der Waals surface area contributed by atoms with Crippen LogP contribution in [0.3, 0.4) is 0 Å². The number of carboxylic acids is 1. The number of benzene rings is 2. The first-order valence-corrected chi connectivity index (χ1v) is 11.7. The van der Waals surface area contributed by atoms with Crippen molar-refractivity contribution in [1.82, 2.24) is 10.2 Å². The molecule has 8 heteroatoms. The van der Waals surface area contributed by atoms with Gasteiger partial charge < -0.3 is 24.8 Å². The first-order chi connectivity index (χ1) is 16.5. The third kappa shape index (κ3) is 5.22. The van der Waals surface area contributed by atoms with E-state index in [1.807, 2.05) is 31.2 Å². The fourth-order valence-corrected chi connectivity index (χ4v) is 4.69. The Bertz CT molecular complexity index is 1000. The number of hydrogen-bond donors (Lipinski definition) is 2. The number of nitrogens with zero attached hydrogens (tertiary/aromatic N) is 1. The molecule has 2 aromatic rings. The Labute approximate surface area is 198 Å². The molecule has 2 aliphatic rings. The number of likely N-dealkylation sites (tertiary alicyclic amines) is 1. The number of aliphatic carboxylic acids is 1. The van der Waals surface area contributed by atoms with Crippen molar-refractivity contribution in [3.05, 3.63) is 59.7 Å². The lowest BCUT2D eigenvalue weighted by Gasteiger charge is -2.40. The van der Waals surface area contributed by atoms with Crippen LogP contribution in [-0.4, -0.2) is 66.9 Å². The summed E-state index contributed by atoms with van der Waals surface area (Å²) in [5.41, 5.74) is 4.63. The molecule has 2 aromatic carbocycles. The zero-order valence-corrected chi connectivity index (χ0v) is 19.2. The lowest BCUT2D eigenvalue weighted by Crippen LogP contribution is -2.57. The Morgan fingerprint density at radius 1 is 1.06 bits per heavy atom. The van der Waals surface area contributed by atoms with E-state index in [0.717, 1.165) is 17.5 Å². The Hall–Kier alpha value is -3.39. The fourth-order valence-electron chi connectivity index (χ4n) is 4.69. The smallest absolute Gasteiger partial charge is 0.407 e. The molecule has 1 unspecified atom stereocenters. The highest BCUT2D eigenvalue weighted by atomic mass is 16.5. The van der Waals surface area contributed by atoms with Crippen LogP contribution in [0.4, 0.5) is 4.79 Å². The summed E-state index contributed by atoms with van der Waals surface area (Å²) in [6.07, 6.45) is 0.648. The predicted octanol–water partition coefficient (Wildman–Crippen LogP) is 3.25. The monoisotopic (exact) mass is 466 g/mol. The third-order valence-corrected chi connectivity index (χ3v) is 6.43. The van der Waals surface area contributed by atoms with Crippen molar-refractivity contribution >= 4 is 18.0 Å². The van der Waals surface area contributed by atoms with E-state index in [0.29, 0.717) is 19.5 Å². The molecule has 1 fully saturated rings. The van der Waals surface area contributed by atoms with Gasteiger partial charge in [-0.15, -0.1) is 0 Å². The Kier molecular flexibility index (Phi) is 7.47. The number of nitrogens with one attached hydrogen (secondary N) is 1. The zero-order chi connectivity index (χ0) is 24.1. The standard InChI is InChI=1S/C26H30N2O6/c1-2-7-17(25(31)28-13-18(14-28)33-16-24(29)30)12-27-26(32)34-15-23-21-10-5-3-8-19(21)20-9-4-6-11-22(20)23/h3-6,8-11,17-18,23H,2,7,12-16H2,1H3,(H,27,32)(H,29,30). The maximum absolute atomic E-state index is 12.8. The number of hydrogen-bond acceptors (Lipinski definition) is 5. The van der Waals surface area contributed by atoms with Gasteiger partial charge in [-0.3, -0.25) is 4.79 Å². The van der Waals surface area contributed by atoms with Gasteiger partial charge in [0.1, 0.15) is 13.2 Å². The summed E-state index contributed by atoms with van der Waals surface area (Å²) in [6.45, 7) is 2.78. The molecule has 1 saturated heterocycles. The molecular formula is C26H30N2O6. The molecule has 0 radical (unpaired) electrons. The number of ether oxygens (including phenoxy) is 2. The maximum atomic E-state index is 12.8. The molecule has 1 aliphatic heterocycles. The molecule has 0 bridgehead atoms. The highest BCUT2D eigenvalue weighted by molar-refractivity contribution is 5.81. The lowest BCUT2D eigenvalue weighted by molar-refractivity contribution is -0.156. The maximum Gasteiger partial charge on any atom is 0.407 e. The third-order valence-electron chi connectivity index (χ3n) is 6.43. The quantitative estimate of drug-likeness (QED) is 0.557. The summed E-state index contributed by atoms with van der Waals surface area (Å²) < 4.78 is 10.8. The molecule has 0 spiro atoms. The van der Waals surface area contributed by atoms with Crippen molar-refractivity contribution in [2.45, 2.75) is 31.8 Å². The first-order valence-electron chi connectivity index (χ1n) is 11.7. The summed E-state index contributed by atoms with van der Waals surface area (Å²) >= 11 is 0. The van der Waals surface area contributed by atoms with E-state index < -0.39 is 12.1 Å². The van der Waals surface area contributed by atoms with Gasteiger partial charge in [-0.2, -0.15) is 0 Å². The highest BCUT2D eigenvalue weighted by Crippen LogP contribution is 2.44. The molecule has 180 valence electrons. The van der Waals surface area contributed by atoms with E-state index in [1.165, 1.54) is 11.1 Å².